The summed E-state index contributed by atoms with van der Waals surface area (Å²) in [6.07, 6.45) is 0. The molecule has 3 N–H and O–H groups in total. The van der Waals surface area contributed by atoms with E-state index in [1.54, 1.807) is 6.07 Å². The summed E-state index contributed by atoms with van der Waals surface area (Å²) in [4.78, 5) is 22.0. The first-order valence-electron chi connectivity index (χ1n) is 4.64. The van der Waals surface area contributed by atoms with Gasteiger partial charge >= 0.3 is 0 Å². The number of aryl methyl sites for hydroxylation is 2. The van der Waals surface area contributed by atoms with Crippen molar-refractivity contribution >= 4 is 11.8 Å². The Labute approximate surface area is 88.5 Å². The lowest BCUT2D eigenvalue weighted by atomic mass is 10.1. The molecular weight excluding hydrogens is 192 g/mol. The average molecular weight is 206 g/mol. The molecule has 0 radical (unpaired) electrons. The van der Waals surface area contributed by atoms with Crippen molar-refractivity contribution in [3.05, 3.63) is 34.9 Å². The molecule has 1 aromatic rings. The van der Waals surface area contributed by atoms with Crippen LogP contribution >= 0.6 is 0 Å². The molecule has 0 aromatic heterocycles. The van der Waals surface area contributed by atoms with Gasteiger partial charge in [-0.3, -0.25) is 9.59 Å². The maximum Gasteiger partial charge on any atom is 0.251 e. The molecule has 4 nitrogen and oxygen atoms in total. The predicted octanol–water partition coefficient (Wildman–Crippen LogP) is 0.519. The van der Waals surface area contributed by atoms with Crippen LogP contribution in [0.4, 0.5) is 0 Å². The topological polar surface area (TPSA) is 72.2 Å². The van der Waals surface area contributed by atoms with E-state index < -0.39 is 5.91 Å². The number of carbonyl (C=O) groups is 2. The van der Waals surface area contributed by atoms with Crippen LogP contribution < -0.4 is 11.1 Å². The molecule has 1 aromatic carbocycles. The van der Waals surface area contributed by atoms with E-state index in [-0.39, 0.29) is 12.5 Å². The van der Waals surface area contributed by atoms with Crippen LogP contribution in [-0.4, -0.2) is 18.4 Å². The molecule has 0 saturated heterocycles. The van der Waals surface area contributed by atoms with Crippen molar-refractivity contribution in [3.8, 4) is 0 Å². The standard InChI is InChI=1S/C11H14N2O2/c1-7-3-4-9(8(2)5-7)11(15)13-6-10(12)14/h3-5H,6H2,1-2H3,(H2,12,14)(H,13,15). The SMILES string of the molecule is Cc1ccc(C(=O)NCC(N)=O)c(C)c1. The summed E-state index contributed by atoms with van der Waals surface area (Å²) >= 11 is 0. The van der Waals surface area contributed by atoms with Crippen LogP contribution in [0.2, 0.25) is 0 Å². The summed E-state index contributed by atoms with van der Waals surface area (Å²) in [6, 6.07) is 5.51. The molecule has 0 fully saturated rings. The Morgan fingerprint density at radius 2 is 2.00 bits per heavy atom. The van der Waals surface area contributed by atoms with E-state index in [4.69, 9.17) is 5.73 Å². The number of nitrogens with two attached hydrogens (primary N) is 1. The highest BCUT2D eigenvalue weighted by Crippen LogP contribution is 2.09. The summed E-state index contributed by atoms with van der Waals surface area (Å²) in [6.45, 7) is 3.68. The van der Waals surface area contributed by atoms with Crippen LogP contribution in [-0.2, 0) is 4.79 Å². The average Bonchev–Trinajstić information content (AvgIpc) is 2.14. The molecule has 0 saturated carbocycles. The van der Waals surface area contributed by atoms with Crippen molar-refractivity contribution < 1.29 is 9.59 Å². The van der Waals surface area contributed by atoms with E-state index in [9.17, 15) is 9.59 Å². The zero-order chi connectivity index (χ0) is 11.4. The van der Waals surface area contributed by atoms with E-state index in [1.165, 1.54) is 0 Å². The smallest absolute Gasteiger partial charge is 0.251 e. The molecule has 2 amide bonds. The van der Waals surface area contributed by atoms with Crippen molar-refractivity contribution in [2.45, 2.75) is 13.8 Å². The van der Waals surface area contributed by atoms with Crippen molar-refractivity contribution in [1.29, 1.82) is 0 Å². The molecule has 15 heavy (non-hydrogen) atoms. The lowest BCUT2D eigenvalue weighted by Gasteiger charge is -2.06. The Kier molecular flexibility index (Phi) is 3.44. The van der Waals surface area contributed by atoms with E-state index in [0.29, 0.717) is 5.56 Å². The first kappa shape index (κ1) is 11.2. The monoisotopic (exact) mass is 206 g/mol. The van der Waals surface area contributed by atoms with Crippen LogP contribution in [0.5, 0.6) is 0 Å². The van der Waals surface area contributed by atoms with Gasteiger partial charge in [0.25, 0.3) is 5.91 Å². The van der Waals surface area contributed by atoms with Gasteiger partial charge < -0.3 is 11.1 Å². The van der Waals surface area contributed by atoms with Gasteiger partial charge in [0.1, 0.15) is 0 Å². The number of hydrogen-bond acceptors (Lipinski definition) is 2. The minimum atomic E-state index is -0.548. The fourth-order valence-electron chi connectivity index (χ4n) is 1.33. The molecular formula is C11H14N2O2. The molecule has 80 valence electrons. The number of primary amides is 1. The van der Waals surface area contributed by atoms with Crippen molar-refractivity contribution in [2.75, 3.05) is 6.54 Å². The lowest BCUT2D eigenvalue weighted by Crippen LogP contribution is -2.33. The van der Waals surface area contributed by atoms with Crippen molar-refractivity contribution in [2.24, 2.45) is 5.73 Å². The third kappa shape index (κ3) is 3.09. The van der Waals surface area contributed by atoms with Gasteiger partial charge in [-0.1, -0.05) is 17.7 Å². The van der Waals surface area contributed by atoms with Gasteiger partial charge in [0.2, 0.25) is 5.91 Å². The summed E-state index contributed by atoms with van der Waals surface area (Å²) in [5.41, 5.74) is 7.48. The Balaban J connectivity index is 2.78. The van der Waals surface area contributed by atoms with E-state index in [2.05, 4.69) is 5.32 Å². The number of nitrogens with one attached hydrogen (secondary N) is 1. The molecule has 4 heteroatoms. The van der Waals surface area contributed by atoms with Gasteiger partial charge in [-0.2, -0.15) is 0 Å². The summed E-state index contributed by atoms with van der Waals surface area (Å²) in [5.74, 6) is -0.820. The Morgan fingerprint density at radius 1 is 1.33 bits per heavy atom. The third-order valence-electron chi connectivity index (χ3n) is 2.05. The van der Waals surface area contributed by atoms with Crippen LogP contribution in [0.1, 0.15) is 21.5 Å². The van der Waals surface area contributed by atoms with Crippen LogP contribution in [0, 0.1) is 13.8 Å². The van der Waals surface area contributed by atoms with Crippen LogP contribution in [0.25, 0.3) is 0 Å². The van der Waals surface area contributed by atoms with Gasteiger partial charge in [0.05, 0.1) is 6.54 Å². The fourth-order valence-corrected chi connectivity index (χ4v) is 1.33. The summed E-state index contributed by atoms with van der Waals surface area (Å²) < 4.78 is 0. The largest absolute Gasteiger partial charge is 0.368 e. The fraction of sp³-hybridized carbons (Fsp3) is 0.273. The predicted molar refractivity (Wildman–Crippen MR) is 57.4 cm³/mol. The Hall–Kier alpha value is -1.84. The maximum absolute atomic E-state index is 11.6. The highest BCUT2D eigenvalue weighted by molar-refractivity contribution is 5.97. The van der Waals surface area contributed by atoms with Crippen LogP contribution in [0.3, 0.4) is 0 Å². The lowest BCUT2D eigenvalue weighted by molar-refractivity contribution is -0.117. The number of carbonyl (C=O) groups excluding carboxylic acids is 2. The highest BCUT2D eigenvalue weighted by atomic mass is 16.2. The van der Waals surface area contributed by atoms with Crippen LogP contribution in [0.15, 0.2) is 18.2 Å². The second-order valence-corrected chi connectivity index (χ2v) is 3.47. The molecule has 1 rings (SSSR count). The number of rotatable bonds is 3. The van der Waals surface area contributed by atoms with Gasteiger partial charge in [0.15, 0.2) is 0 Å². The van der Waals surface area contributed by atoms with Gasteiger partial charge in [-0.25, -0.2) is 0 Å². The highest BCUT2D eigenvalue weighted by Gasteiger charge is 2.08. The summed E-state index contributed by atoms with van der Waals surface area (Å²) in [7, 11) is 0. The first-order valence-corrected chi connectivity index (χ1v) is 4.64. The Bertz CT molecular complexity index is 400. The van der Waals surface area contributed by atoms with Crippen molar-refractivity contribution in [1.82, 2.24) is 5.32 Å². The van der Waals surface area contributed by atoms with E-state index in [1.807, 2.05) is 26.0 Å². The van der Waals surface area contributed by atoms with E-state index >= 15 is 0 Å². The minimum Gasteiger partial charge on any atom is -0.368 e. The quantitative estimate of drug-likeness (QED) is 0.756. The number of amides is 2. The zero-order valence-corrected chi connectivity index (χ0v) is 8.83. The number of benzene rings is 1. The second kappa shape index (κ2) is 4.59. The molecule has 0 aliphatic carbocycles. The van der Waals surface area contributed by atoms with E-state index in [0.717, 1.165) is 11.1 Å². The number of hydrogen-bond donors (Lipinski definition) is 2. The molecule has 0 atom stereocenters. The molecule has 0 aliphatic heterocycles. The molecule has 0 aliphatic rings. The third-order valence-corrected chi connectivity index (χ3v) is 2.05. The molecule has 0 unspecified atom stereocenters. The molecule has 0 heterocycles. The second-order valence-electron chi connectivity index (χ2n) is 3.47. The van der Waals surface area contributed by atoms with Crippen molar-refractivity contribution in [3.63, 3.8) is 0 Å². The normalized spacial score (nSPS) is 9.73. The first-order chi connectivity index (χ1) is 7.00. The van der Waals surface area contributed by atoms with Gasteiger partial charge in [-0.15, -0.1) is 0 Å². The molecule has 0 spiro atoms. The zero-order valence-electron chi connectivity index (χ0n) is 8.83. The minimum absolute atomic E-state index is 0.133. The van der Waals surface area contributed by atoms with Gasteiger partial charge in [0, 0.05) is 5.56 Å². The Morgan fingerprint density at radius 3 is 2.53 bits per heavy atom. The maximum atomic E-state index is 11.6. The summed E-state index contributed by atoms with van der Waals surface area (Å²) in [5, 5.41) is 2.45. The van der Waals surface area contributed by atoms with Gasteiger partial charge in [-0.05, 0) is 25.5 Å². The molecule has 0 bridgehead atoms.